The molecule has 2 N–H and O–H groups in total. The molecule has 4 atom stereocenters. The first-order valence-electron chi connectivity index (χ1n) is 11.6. The minimum atomic E-state index is -0.996. The maximum Gasteiger partial charge on any atom is 0.336 e. The molecule has 0 spiro atoms. The van der Waals surface area contributed by atoms with E-state index in [1.54, 1.807) is 25.1 Å². The Hall–Kier alpha value is -2.38. The van der Waals surface area contributed by atoms with Gasteiger partial charge in [0.1, 0.15) is 17.4 Å². The predicted molar refractivity (Wildman–Crippen MR) is 125 cm³/mol. The summed E-state index contributed by atoms with van der Waals surface area (Å²) in [7, 11) is 0. The van der Waals surface area contributed by atoms with Gasteiger partial charge in [-0.3, -0.25) is 4.79 Å². The molecular weight excluding hydrogens is 424 g/mol. The molecule has 1 saturated carbocycles. The number of benzene rings is 1. The van der Waals surface area contributed by atoms with Crippen LogP contribution >= 0.6 is 0 Å². The fourth-order valence-electron chi connectivity index (χ4n) is 5.19. The van der Waals surface area contributed by atoms with Gasteiger partial charge >= 0.3 is 11.6 Å². The van der Waals surface area contributed by atoms with E-state index < -0.39 is 22.2 Å². The fraction of sp³-hybridized carbons (Fsp3) is 0.615. The second-order valence-corrected chi connectivity index (χ2v) is 10.5. The Morgan fingerprint density at radius 3 is 2.61 bits per heavy atom. The molecule has 7 nitrogen and oxygen atoms in total. The Kier molecular flexibility index (Phi) is 7.24. The summed E-state index contributed by atoms with van der Waals surface area (Å²) in [6.45, 7) is 9.34. The van der Waals surface area contributed by atoms with Gasteiger partial charge in [-0.2, -0.15) is 0 Å². The summed E-state index contributed by atoms with van der Waals surface area (Å²) in [5, 5.41) is 22.9. The lowest BCUT2D eigenvalue weighted by atomic mass is 9.58. The van der Waals surface area contributed by atoms with E-state index in [0.717, 1.165) is 5.39 Å². The molecule has 33 heavy (non-hydrogen) atoms. The summed E-state index contributed by atoms with van der Waals surface area (Å²) in [5.74, 6) is 0.109. The number of ether oxygens (including phenoxy) is 2. The molecule has 0 saturated heterocycles. The van der Waals surface area contributed by atoms with Crippen LogP contribution in [0.25, 0.3) is 11.0 Å². The molecule has 1 aliphatic carbocycles. The van der Waals surface area contributed by atoms with Crippen LogP contribution in [0.15, 0.2) is 39.5 Å². The molecule has 0 bridgehead atoms. The van der Waals surface area contributed by atoms with Crippen LogP contribution in [-0.4, -0.2) is 40.1 Å². The van der Waals surface area contributed by atoms with Crippen LogP contribution in [0.2, 0.25) is 0 Å². The minimum absolute atomic E-state index is 0.140. The van der Waals surface area contributed by atoms with Gasteiger partial charge in [0.15, 0.2) is 0 Å². The van der Waals surface area contributed by atoms with Gasteiger partial charge in [-0.15, -0.1) is 0 Å². The summed E-state index contributed by atoms with van der Waals surface area (Å²) in [5.41, 5.74) is -2.28. The minimum Gasteiger partial charge on any atom is -0.493 e. The van der Waals surface area contributed by atoms with Crippen molar-refractivity contribution in [1.82, 2.24) is 0 Å². The van der Waals surface area contributed by atoms with E-state index in [0.29, 0.717) is 43.4 Å². The lowest BCUT2D eigenvalue weighted by Crippen LogP contribution is -2.55. The van der Waals surface area contributed by atoms with Crippen molar-refractivity contribution in [2.24, 2.45) is 11.3 Å². The average Bonchev–Trinajstić information content (AvgIpc) is 2.69. The molecule has 7 heteroatoms. The maximum absolute atomic E-state index is 11.5. The number of rotatable bonds is 8. The number of carbonyl (C=O) groups is 1. The number of aliphatic hydroxyl groups is 2. The first-order chi connectivity index (χ1) is 15.3. The number of hydrogen-bond acceptors (Lipinski definition) is 7. The smallest absolute Gasteiger partial charge is 0.336 e. The molecule has 1 fully saturated rings. The highest BCUT2D eigenvalue weighted by molar-refractivity contribution is 5.77. The molecule has 182 valence electrons. The molecule has 1 aromatic carbocycles. The fourth-order valence-corrected chi connectivity index (χ4v) is 5.19. The van der Waals surface area contributed by atoms with Crippen molar-refractivity contribution in [3.05, 3.63) is 40.8 Å². The van der Waals surface area contributed by atoms with Crippen molar-refractivity contribution in [3.8, 4) is 5.75 Å². The van der Waals surface area contributed by atoms with Crippen LogP contribution in [-0.2, 0) is 9.53 Å². The van der Waals surface area contributed by atoms with E-state index in [1.807, 2.05) is 26.8 Å². The lowest BCUT2D eigenvalue weighted by molar-refractivity contribution is -0.182. The third-order valence-corrected chi connectivity index (χ3v) is 7.18. The first kappa shape index (κ1) is 25.2. The second kappa shape index (κ2) is 9.47. The second-order valence-electron chi connectivity index (χ2n) is 10.5. The van der Waals surface area contributed by atoms with Gasteiger partial charge in [-0.05, 0) is 63.6 Å². The van der Waals surface area contributed by atoms with Gasteiger partial charge in [-0.1, -0.05) is 13.8 Å². The lowest BCUT2D eigenvalue weighted by Gasteiger charge is -2.52. The topological polar surface area (TPSA) is 106 Å². The molecule has 0 unspecified atom stereocenters. The zero-order valence-electron chi connectivity index (χ0n) is 20.2. The van der Waals surface area contributed by atoms with Crippen LogP contribution in [0.3, 0.4) is 0 Å². The van der Waals surface area contributed by atoms with Crippen LogP contribution in [0.4, 0.5) is 0 Å². The van der Waals surface area contributed by atoms with E-state index in [2.05, 4.69) is 0 Å². The standard InChI is InChI=1S/C26H36O7/c1-17(27)32-22-11-13-26(5,30)21(24(22,2)3)10-12-25(4,29)14-15-31-19-8-6-18-7-9-23(28)33-20(18)16-19/h6-9,16,21-22,29-30H,10-15H2,1-5H3/t21-,22+,25+,26-/m1/s1. The normalized spacial score (nSPS) is 26.5. The SMILES string of the molecule is CC(=O)O[C@H]1CC[C@@](C)(O)[C@H](CC[C@](C)(O)CCOc2ccc3ccc(=O)oc3c2)C1(C)C. The number of hydrogen-bond donors (Lipinski definition) is 2. The highest BCUT2D eigenvalue weighted by atomic mass is 16.5. The average molecular weight is 461 g/mol. The largest absolute Gasteiger partial charge is 0.493 e. The third-order valence-electron chi connectivity index (χ3n) is 7.18. The summed E-state index contributed by atoms with van der Waals surface area (Å²) in [6.07, 6.45) is 2.36. The van der Waals surface area contributed by atoms with Gasteiger partial charge in [0, 0.05) is 36.3 Å². The molecule has 3 rings (SSSR count). The first-order valence-corrected chi connectivity index (χ1v) is 11.6. The number of esters is 1. The van der Waals surface area contributed by atoms with E-state index in [4.69, 9.17) is 13.9 Å². The third kappa shape index (κ3) is 6.15. The van der Waals surface area contributed by atoms with Crippen molar-refractivity contribution >= 4 is 16.9 Å². The van der Waals surface area contributed by atoms with Crippen molar-refractivity contribution in [2.75, 3.05) is 6.61 Å². The Morgan fingerprint density at radius 2 is 1.91 bits per heavy atom. The van der Waals surface area contributed by atoms with E-state index in [1.165, 1.54) is 13.0 Å². The van der Waals surface area contributed by atoms with Gasteiger partial charge in [0.2, 0.25) is 0 Å². The molecule has 1 heterocycles. The van der Waals surface area contributed by atoms with E-state index in [9.17, 15) is 19.8 Å². The van der Waals surface area contributed by atoms with Crippen molar-refractivity contribution in [1.29, 1.82) is 0 Å². The number of carbonyl (C=O) groups excluding carboxylic acids is 1. The molecule has 1 aliphatic rings. The van der Waals surface area contributed by atoms with Gasteiger partial charge in [0.05, 0.1) is 17.8 Å². The van der Waals surface area contributed by atoms with E-state index in [-0.39, 0.29) is 24.6 Å². The Bertz CT molecular complexity index is 1030. The summed E-state index contributed by atoms with van der Waals surface area (Å²) < 4.78 is 16.5. The van der Waals surface area contributed by atoms with Crippen molar-refractivity contribution in [3.63, 3.8) is 0 Å². The zero-order valence-corrected chi connectivity index (χ0v) is 20.2. The van der Waals surface area contributed by atoms with E-state index >= 15 is 0 Å². The summed E-state index contributed by atoms with van der Waals surface area (Å²) >= 11 is 0. The molecule has 0 amide bonds. The van der Waals surface area contributed by atoms with Crippen LogP contribution in [0, 0.1) is 11.3 Å². The quantitative estimate of drug-likeness (QED) is 0.449. The van der Waals surface area contributed by atoms with Crippen molar-refractivity contribution in [2.45, 2.75) is 84.0 Å². The molecule has 0 radical (unpaired) electrons. The summed E-state index contributed by atoms with van der Waals surface area (Å²) in [4.78, 5) is 23.0. The number of fused-ring (bicyclic) bond motifs is 1. The highest BCUT2D eigenvalue weighted by Crippen LogP contribution is 2.50. The molecule has 0 aliphatic heterocycles. The van der Waals surface area contributed by atoms with Gasteiger partial charge in [-0.25, -0.2) is 4.79 Å². The van der Waals surface area contributed by atoms with Crippen LogP contribution in [0.5, 0.6) is 5.75 Å². The Morgan fingerprint density at radius 1 is 1.21 bits per heavy atom. The van der Waals surface area contributed by atoms with Gasteiger partial charge in [0.25, 0.3) is 0 Å². The van der Waals surface area contributed by atoms with Crippen LogP contribution < -0.4 is 10.4 Å². The monoisotopic (exact) mass is 460 g/mol. The van der Waals surface area contributed by atoms with Crippen LogP contribution in [0.1, 0.15) is 66.7 Å². The highest BCUT2D eigenvalue weighted by Gasteiger charge is 2.52. The Labute approximate surface area is 194 Å². The molecule has 1 aromatic heterocycles. The zero-order chi connectivity index (χ0) is 24.4. The maximum atomic E-state index is 11.5. The van der Waals surface area contributed by atoms with Crippen molar-refractivity contribution < 1.29 is 28.9 Å². The Balaban J connectivity index is 1.59. The predicted octanol–water partition coefficient (Wildman–Crippen LogP) is 4.21. The summed E-state index contributed by atoms with van der Waals surface area (Å²) in [6, 6.07) is 8.36. The molecular formula is C26H36O7. The van der Waals surface area contributed by atoms with Gasteiger partial charge < -0.3 is 24.1 Å². The molecule has 2 aromatic rings.